The van der Waals surface area contributed by atoms with Gasteiger partial charge in [0.05, 0.1) is 35.4 Å². The summed E-state index contributed by atoms with van der Waals surface area (Å²) in [6, 6.07) is 4.99. The average molecular weight is 360 g/mol. The molecule has 1 aliphatic rings. The van der Waals surface area contributed by atoms with Crippen molar-refractivity contribution < 1.29 is 9.53 Å². The van der Waals surface area contributed by atoms with E-state index in [4.69, 9.17) is 10.5 Å². The molecule has 1 heterocycles. The van der Waals surface area contributed by atoms with E-state index >= 15 is 0 Å². The Labute approximate surface area is 149 Å². The van der Waals surface area contributed by atoms with E-state index in [0.29, 0.717) is 39.3 Å². The van der Waals surface area contributed by atoms with Gasteiger partial charge in [-0.15, -0.1) is 0 Å². The van der Waals surface area contributed by atoms with Gasteiger partial charge >= 0.3 is 5.97 Å². The smallest absolute Gasteiger partial charge is 0.337 e. The van der Waals surface area contributed by atoms with Crippen molar-refractivity contribution >= 4 is 33.8 Å². The van der Waals surface area contributed by atoms with Gasteiger partial charge in [0, 0.05) is 0 Å². The molecule has 0 bridgehead atoms. The van der Waals surface area contributed by atoms with Crippen LogP contribution in [0.3, 0.4) is 0 Å². The topological polar surface area (TPSA) is 110 Å². The number of carbonyl (C=O) groups excluding carboxylic acids is 1. The molecule has 3 rings (SSSR count). The Morgan fingerprint density at radius 2 is 2.20 bits per heavy atom. The van der Waals surface area contributed by atoms with Gasteiger partial charge in [0.15, 0.2) is 5.17 Å². The Balaban J connectivity index is 1.79. The number of methoxy groups -OCH3 is 1. The minimum atomic E-state index is -0.465. The summed E-state index contributed by atoms with van der Waals surface area (Å²) in [6.45, 7) is 0. The van der Waals surface area contributed by atoms with E-state index in [1.165, 1.54) is 31.7 Å². The molecule has 7 nitrogen and oxygen atoms in total. The maximum Gasteiger partial charge on any atom is 0.337 e. The van der Waals surface area contributed by atoms with Crippen LogP contribution >= 0.6 is 11.8 Å². The molecule has 0 atom stereocenters. The number of esters is 1. The van der Waals surface area contributed by atoms with Crippen LogP contribution in [0.5, 0.6) is 0 Å². The number of nitrogens with one attached hydrogen (secondary N) is 1. The van der Waals surface area contributed by atoms with E-state index in [0.717, 1.165) is 12.8 Å². The van der Waals surface area contributed by atoms with Gasteiger partial charge in [-0.05, 0) is 31.0 Å². The van der Waals surface area contributed by atoms with Crippen LogP contribution in [0.4, 0.5) is 0 Å². The molecule has 0 radical (unpaired) electrons. The number of rotatable bonds is 4. The number of H-pyrrole nitrogens is 1. The van der Waals surface area contributed by atoms with Crippen LogP contribution in [-0.2, 0) is 10.5 Å². The van der Waals surface area contributed by atoms with Gasteiger partial charge in [0.25, 0.3) is 5.56 Å². The first-order valence-corrected chi connectivity index (χ1v) is 9.12. The summed E-state index contributed by atoms with van der Waals surface area (Å²) < 4.78 is 4.70. The number of thioether (sulfide) groups is 1. The Morgan fingerprint density at radius 1 is 1.44 bits per heavy atom. The normalized spacial score (nSPS) is 15.6. The predicted octanol–water partition coefficient (Wildman–Crippen LogP) is 2.20. The van der Waals surface area contributed by atoms with Crippen molar-refractivity contribution in [3.63, 3.8) is 0 Å². The van der Waals surface area contributed by atoms with E-state index in [9.17, 15) is 9.59 Å². The highest BCUT2D eigenvalue weighted by atomic mass is 32.2. The lowest BCUT2D eigenvalue weighted by molar-refractivity contribution is 0.0601. The number of hydrogen-bond acceptors (Lipinski definition) is 6. The van der Waals surface area contributed by atoms with Gasteiger partial charge in [-0.1, -0.05) is 24.6 Å². The number of amidine groups is 1. The second-order valence-electron chi connectivity index (χ2n) is 5.93. The summed E-state index contributed by atoms with van der Waals surface area (Å²) in [6.07, 6.45) is 4.58. The largest absolute Gasteiger partial charge is 0.465 e. The summed E-state index contributed by atoms with van der Waals surface area (Å²) in [4.78, 5) is 35.5. The Kier molecular flexibility index (Phi) is 5.37. The van der Waals surface area contributed by atoms with Crippen molar-refractivity contribution in [3.05, 3.63) is 39.9 Å². The highest BCUT2D eigenvalue weighted by Gasteiger charge is 2.14. The van der Waals surface area contributed by atoms with E-state index in [1.807, 2.05) is 0 Å². The number of ether oxygens (including phenoxy) is 1. The standard InChI is InChI=1S/C17H20N4O3S/c1-24-16(23)10-6-7-12-13(8-10)20-14(21-15(12)22)9-25-17(18)19-11-4-2-3-5-11/h6-8,11H,2-5,9H2,1H3,(H2,18,19)(H,20,21,22). The van der Waals surface area contributed by atoms with Crippen molar-refractivity contribution in [3.8, 4) is 0 Å². The molecule has 8 heteroatoms. The first-order chi connectivity index (χ1) is 12.1. The van der Waals surface area contributed by atoms with Gasteiger partial charge < -0.3 is 15.5 Å². The molecule has 0 aliphatic heterocycles. The van der Waals surface area contributed by atoms with Crippen LogP contribution in [0.1, 0.15) is 41.9 Å². The minimum Gasteiger partial charge on any atom is -0.465 e. The number of aromatic amines is 1. The summed E-state index contributed by atoms with van der Waals surface area (Å²) in [5.41, 5.74) is 6.53. The van der Waals surface area contributed by atoms with Gasteiger partial charge in [0.1, 0.15) is 5.82 Å². The van der Waals surface area contributed by atoms with E-state index in [-0.39, 0.29) is 5.56 Å². The molecule has 1 aliphatic carbocycles. The Morgan fingerprint density at radius 3 is 2.92 bits per heavy atom. The Bertz CT molecular complexity index is 872. The number of aromatic nitrogens is 2. The van der Waals surface area contributed by atoms with Crippen LogP contribution < -0.4 is 11.3 Å². The zero-order chi connectivity index (χ0) is 17.8. The van der Waals surface area contributed by atoms with Crippen LogP contribution in [0.25, 0.3) is 10.9 Å². The molecule has 3 N–H and O–H groups in total. The first-order valence-electron chi connectivity index (χ1n) is 8.14. The molecule has 0 spiro atoms. The van der Waals surface area contributed by atoms with Gasteiger partial charge in [0.2, 0.25) is 0 Å². The van der Waals surface area contributed by atoms with Gasteiger partial charge in [-0.2, -0.15) is 0 Å². The molecule has 0 saturated heterocycles. The lowest BCUT2D eigenvalue weighted by atomic mass is 10.1. The predicted molar refractivity (Wildman–Crippen MR) is 98.9 cm³/mol. The number of nitrogens with zero attached hydrogens (tertiary/aromatic N) is 2. The summed E-state index contributed by atoms with van der Waals surface area (Å²) in [5, 5.41) is 0.937. The summed E-state index contributed by atoms with van der Waals surface area (Å²) >= 11 is 1.35. The molecule has 1 aromatic carbocycles. The zero-order valence-electron chi connectivity index (χ0n) is 13.9. The molecule has 1 saturated carbocycles. The lowest BCUT2D eigenvalue weighted by Gasteiger charge is -2.06. The fraction of sp³-hybridized carbons (Fsp3) is 0.412. The second kappa shape index (κ2) is 7.69. The quantitative estimate of drug-likeness (QED) is 0.491. The highest BCUT2D eigenvalue weighted by molar-refractivity contribution is 8.13. The molecule has 1 aromatic heterocycles. The molecular formula is C17H20N4O3S. The van der Waals surface area contributed by atoms with E-state index in [2.05, 4.69) is 15.0 Å². The van der Waals surface area contributed by atoms with Gasteiger partial charge in [-0.25, -0.2) is 9.78 Å². The van der Waals surface area contributed by atoms with Crippen LogP contribution in [0, 0.1) is 0 Å². The SMILES string of the molecule is COC(=O)c1ccc2c(=O)[nH]c(CSC(N)=NC3CCCC3)nc2c1. The second-order valence-corrected chi connectivity index (χ2v) is 6.93. The van der Waals surface area contributed by atoms with Gasteiger partial charge in [-0.3, -0.25) is 9.79 Å². The monoisotopic (exact) mass is 360 g/mol. The van der Waals surface area contributed by atoms with Crippen molar-refractivity contribution in [1.29, 1.82) is 0 Å². The Hall–Kier alpha value is -2.35. The summed E-state index contributed by atoms with van der Waals surface area (Å²) in [7, 11) is 1.31. The fourth-order valence-corrected chi connectivity index (χ4v) is 3.54. The molecule has 132 valence electrons. The van der Waals surface area contributed by atoms with Crippen LogP contribution in [-0.4, -0.2) is 34.3 Å². The van der Waals surface area contributed by atoms with Crippen molar-refractivity contribution in [2.24, 2.45) is 10.7 Å². The maximum absolute atomic E-state index is 12.2. The molecule has 1 fully saturated rings. The number of fused-ring (bicyclic) bond motifs is 1. The van der Waals surface area contributed by atoms with Crippen molar-refractivity contribution in [1.82, 2.24) is 9.97 Å². The highest BCUT2D eigenvalue weighted by Crippen LogP contribution is 2.22. The van der Waals surface area contributed by atoms with Crippen molar-refractivity contribution in [2.45, 2.75) is 37.5 Å². The fourth-order valence-electron chi connectivity index (χ4n) is 2.89. The summed E-state index contributed by atoms with van der Waals surface area (Å²) in [5.74, 6) is 0.442. The number of nitrogens with two attached hydrogens (primary N) is 1. The third-order valence-corrected chi connectivity index (χ3v) is 4.99. The average Bonchev–Trinajstić information content (AvgIpc) is 3.11. The zero-order valence-corrected chi connectivity index (χ0v) is 14.8. The molecule has 2 aromatic rings. The third kappa shape index (κ3) is 4.19. The molecule has 25 heavy (non-hydrogen) atoms. The lowest BCUT2D eigenvalue weighted by Crippen LogP contribution is -2.15. The van der Waals surface area contributed by atoms with Crippen molar-refractivity contribution in [2.75, 3.05) is 7.11 Å². The number of carbonyl (C=O) groups is 1. The van der Waals surface area contributed by atoms with E-state index in [1.54, 1.807) is 18.2 Å². The van der Waals surface area contributed by atoms with Crippen LogP contribution in [0.2, 0.25) is 0 Å². The molecular weight excluding hydrogens is 340 g/mol. The molecule has 0 amide bonds. The maximum atomic E-state index is 12.2. The van der Waals surface area contributed by atoms with E-state index < -0.39 is 5.97 Å². The minimum absolute atomic E-state index is 0.247. The van der Waals surface area contributed by atoms with Crippen LogP contribution in [0.15, 0.2) is 28.0 Å². The third-order valence-electron chi connectivity index (χ3n) is 4.17. The number of aliphatic imine (C=N–C) groups is 1. The number of benzene rings is 1. The molecule has 0 unspecified atom stereocenters. The number of hydrogen-bond donors (Lipinski definition) is 2. The first kappa shape index (κ1) is 17.5.